The topological polar surface area (TPSA) is 108 Å². The van der Waals surface area contributed by atoms with Gasteiger partial charge >= 0.3 is 5.69 Å². The Hall–Kier alpha value is -2.72. The van der Waals surface area contributed by atoms with Crippen LogP contribution in [0.5, 0.6) is 0 Å². The maximum atomic E-state index is 12.2. The van der Waals surface area contributed by atoms with E-state index in [1.807, 2.05) is 12.1 Å². The number of hydrogen-bond acceptors (Lipinski definition) is 5. The fraction of sp³-hybridized carbons (Fsp3) is 0.235. The Kier molecular flexibility index (Phi) is 6.10. The molecule has 0 saturated carbocycles. The van der Waals surface area contributed by atoms with Crippen molar-refractivity contribution in [3.8, 4) is 0 Å². The number of aromatic nitrogens is 4. The van der Waals surface area contributed by atoms with Crippen molar-refractivity contribution >= 4 is 44.9 Å². The van der Waals surface area contributed by atoms with Crippen molar-refractivity contribution in [1.29, 1.82) is 0 Å². The van der Waals surface area contributed by atoms with E-state index in [-0.39, 0.29) is 24.6 Å². The van der Waals surface area contributed by atoms with E-state index in [1.165, 1.54) is 10.9 Å². The number of anilines is 1. The third-order valence-corrected chi connectivity index (χ3v) is 4.75. The van der Waals surface area contributed by atoms with E-state index < -0.39 is 4.92 Å². The normalized spacial score (nSPS) is 10.8. The minimum atomic E-state index is -0.497. The molecule has 2 aromatic heterocycles. The fourth-order valence-electron chi connectivity index (χ4n) is 2.55. The van der Waals surface area contributed by atoms with Crippen molar-refractivity contribution in [1.82, 2.24) is 19.6 Å². The minimum Gasteiger partial charge on any atom is -0.308 e. The molecule has 11 heteroatoms. The van der Waals surface area contributed by atoms with Crippen LogP contribution in [0.4, 0.5) is 11.5 Å². The van der Waals surface area contributed by atoms with Crippen LogP contribution in [-0.2, 0) is 17.9 Å². The Morgan fingerprint density at radius 1 is 1.25 bits per heavy atom. The molecule has 0 saturated heterocycles. The molecule has 28 heavy (non-hydrogen) atoms. The zero-order valence-corrected chi connectivity index (χ0v) is 17.1. The lowest BCUT2D eigenvalue weighted by molar-refractivity contribution is -0.385. The number of nitrogens with one attached hydrogen (secondary N) is 1. The van der Waals surface area contributed by atoms with Crippen LogP contribution in [0, 0.1) is 17.0 Å². The largest absolute Gasteiger partial charge is 0.309 e. The molecule has 9 nitrogen and oxygen atoms in total. The van der Waals surface area contributed by atoms with Gasteiger partial charge in [0.25, 0.3) is 0 Å². The third-order valence-electron chi connectivity index (χ3n) is 3.92. The Labute approximate surface area is 173 Å². The van der Waals surface area contributed by atoms with Crippen LogP contribution in [0.1, 0.15) is 17.7 Å². The lowest BCUT2D eigenvalue weighted by atomic mass is 10.2. The Morgan fingerprint density at radius 3 is 2.61 bits per heavy atom. The first-order chi connectivity index (χ1) is 13.3. The Balaban J connectivity index is 1.58. The van der Waals surface area contributed by atoms with E-state index in [4.69, 9.17) is 11.6 Å². The average Bonchev–Trinajstić information content (AvgIpc) is 3.17. The first kappa shape index (κ1) is 20.0. The lowest BCUT2D eigenvalue weighted by Crippen LogP contribution is -2.15. The highest BCUT2D eigenvalue weighted by molar-refractivity contribution is 9.10. The van der Waals surface area contributed by atoms with Gasteiger partial charge in [-0.15, -0.1) is 0 Å². The van der Waals surface area contributed by atoms with Gasteiger partial charge in [0.2, 0.25) is 5.91 Å². The first-order valence-corrected chi connectivity index (χ1v) is 9.44. The van der Waals surface area contributed by atoms with Gasteiger partial charge in [-0.2, -0.15) is 10.2 Å². The molecule has 1 amide bonds. The molecule has 0 unspecified atom stereocenters. The molecule has 146 valence electrons. The van der Waals surface area contributed by atoms with Crippen LogP contribution in [0.15, 0.2) is 41.1 Å². The molecule has 0 bridgehead atoms. The maximum absolute atomic E-state index is 12.2. The van der Waals surface area contributed by atoms with Gasteiger partial charge in [-0.1, -0.05) is 23.7 Å². The van der Waals surface area contributed by atoms with Crippen LogP contribution in [0.25, 0.3) is 0 Å². The summed E-state index contributed by atoms with van der Waals surface area (Å²) < 4.78 is 3.74. The maximum Gasteiger partial charge on any atom is 0.309 e. The molecule has 1 aromatic carbocycles. The smallest absolute Gasteiger partial charge is 0.308 e. The number of aryl methyl sites for hydroxylation is 2. The second kappa shape index (κ2) is 8.53. The molecular formula is C17H16BrClN6O3. The van der Waals surface area contributed by atoms with E-state index in [9.17, 15) is 14.9 Å². The van der Waals surface area contributed by atoms with Gasteiger partial charge in [0.05, 0.1) is 15.9 Å². The number of rotatable bonds is 7. The number of carbonyl (C=O) groups is 1. The van der Waals surface area contributed by atoms with Crippen molar-refractivity contribution in [3.05, 3.63) is 67.5 Å². The van der Waals surface area contributed by atoms with Crippen LogP contribution in [0.2, 0.25) is 5.02 Å². The molecule has 1 N–H and O–H groups in total. The van der Waals surface area contributed by atoms with Gasteiger partial charge < -0.3 is 5.32 Å². The number of halogens is 2. The summed E-state index contributed by atoms with van der Waals surface area (Å²) in [6.45, 7) is 2.31. The van der Waals surface area contributed by atoms with Gasteiger partial charge in [-0.3, -0.25) is 24.3 Å². The van der Waals surface area contributed by atoms with Gasteiger partial charge in [0, 0.05) is 24.2 Å². The van der Waals surface area contributed by atoms with Gasteiger partial charge in [0.15, 0.2) is 5.82 Å². The fourth-order valence-corrected chi connectivity index (χ4v) is 3.09. The van der Waals surface area contributed by atoms with Crippen molar-refractivity contribution in [2.24, 2.45) is 0 Å². The molecule has 0 aliphatic carbocycles. The lowest BCUT2D eigenvalue weighted by Gasteiger charge is -2.04. The minimum absolute atomic E-state index is 0.0657. The Bertz CT molecular complexity index is 1010. The number of amides is 1. The molecule has 3 rings (SSSR count). The summed E-state index contributed by atoms with van der Waals surface area (Å²) in [5.74, 6) is 0.134. The third kappa shape index (κ3) is 4.96. The summed E-state index contributed by atoms with van der Waals surface area (Å²) in [4.78, 5) is 22.6. The number of benzene rings is 1. The highest BCUT2D eigenvalue weighted by Crippen LogP contribution is 2.21. The highest BCUT2D eigenvalue weighted by atomic mass is 79.9. The summed E-state index contributed by atoms with van der Waals surface area (Å²) in [5.41, 5.74) is 1.27. The Morgan fingerprint density at radius 2 is 1.96 bits per heavy atom. The highest BCUT2D eigenvalue weighted by Gasteiger charge is 2.16. The zero-order chi connectivity index (χ0) is 20.3. The van der Waals surface area contributed by atoms with Crippen LogP contribution < -0.4 is 5.32 Å². The monoisotopic (exact) mass is 466 g/mol. The van der Waals surface area contributed by atoms with E-state index >= 15 is 0 Å². The molecule has 0 atom stereocenters. The summed E-state index contributed by atoms with van der Waals surface area (Å²) in [6, 6.07) is 7.42. The van der Waals surface area contributed by atoms with Crippen molar-refractivity contribution in [3.63, 3.8) is 0 Å². The predicted octanol–water partition coefficient (Wildman–Crippen LogP) is 3.79. The van der Waals surface area contributed by atoms with E-state index in [0.29, 0.717) is 27.6 Å². The van der Waals surface area contributed by atoms with Gasteiger partial charge in [0.1, 0.15) is 11.9 Å². The number of carbonyl (C=O) groups excluding carboxylic acids is 1. The first-order valence-electron chi connectivity index (χ1n) is 8.27. The molecular weight excluding hydrogens is 452 g/mol. The number of nitrogens with zero attached hydrogens (tertiary/aromatic N) is 5. The second-order valence-electron chi connectivity index (χ2n) is 6.07. The molecule has 0 radical (unpaired) electrons. The SMILES string of the molecule is Cc1nn(CCC(=O)Nc2nn(Cc3ccc(Cl)cc3)cc2Br)cc1[N+](=O)[O-]. The van der Waals surface area contributed by atoms with E-state index in [1.54, 1.807) is 29.9 Å². The van der Waals surface area contributed by atoms with Crippen LogP contribution >= 0.6 is 27.5 Å². The predicted molar refractivity (Wildman–Crippen MR) is 107 cm³/mol. The molecule has 0 aliphatic rings. The van der Waals surface area contributed by atoms with Crippen LogP contribution in [0.3, 0.4) is 0 Å². The van der Waals surface area contributed by atoms with Crippen molar-refractivity contribution in [2.75, 3.05) is 5.32 Å². The number of nitro groups is 1. The van der Waals surface area contributed by atoms with Crippen molar-refractivity contribution in [2.45, 2.75) is 26.4 Å². The number of hydrogen-bond donors (Lipinski definition) is 1. The quantitative estimate of drug-likeness (QED) is 0.420. The van der Waals surface area contributed by atoms with E-state index in [2.05, 4.69) is 31.4 Å². The van der Waals surface area contributed by atoms with Gasteiger partial charge in [-0.25, -0.2) is 0 Å². The second-order valence-corrected chi connectivity index (χ2v) is 7.36. The van der Waals surface area contributed by atoms with E-state index in [0.717, 1.165) is 5.56 Å². The molecule has 0 aliphatic heterocycles. The molecule has 2 heterocycles. The molecule has 0 spiro atoms. The molecule has 0 fully saturated rings. The van der Waals surface area contributed by atoms with Gasteiger partial charge in [-0.05, 0) is 40.5 Å². The summed E-state index contributed by atoms with van der Waals surface area (Å²) in [6.07, 6.45) is 3.19. The standard InChI is InChI=1S/C17H16BrClN6O3/c1-11-15(25(27)28)10-23(21-11)7-6-16(26)20-17-14(18)9-24(22-17)8-12-2-4-13(19)5-3-12/h2-5,9-10H,6-8H2,1H3,(H,20,22,26). The van der Waals surface area contributed by atoms with Crippen LogP contribution in [-0.4, -0.2) is 30.4 Å². The summed E-state index contributed by atoms with van der Waals surface area (Å²) >= 11 is 9.27. The van der Waals surface area contributed by atoms with Crippen molar-refractivity contribution < 1.29 is 9.72 Å². The molecule has 3 aromatic rings. The zero-order valence-electron chi connectivity index (χ0n) is 14.8. The average molecular weight is 468 g/mol. The summed E-state index contributed by atoms with van der Waals surface area (Å²) in [7, 11) is 0. The summed E-state index contributed by atoms with van der Waals surface area (Å²) in [5, 5.41) is 22.6.